The van der Waals surface area contributed by atoms with E-state index in [1.165, 1.54) is 7.05 Å². The molecule has 2 aromatic rings. The van der Waals surface area contributed by atoms with Crippen molar-refractivity contribution in [3.05, 3.63) is 59.7 Å². The summed E-state index contributed by atoms with van der Waals surface area (Å²) in [6.45, 7) is 3.64. The van der Waals surface area contributed by atoms with Crippen LogP contribution in [0.3, 0.4) is 0 Å². The fourth-order valence-electron chi connectivity index (χ4n) is 3.97. The van der Waals surface area contributed by atoms with Crippen LogP contribution in [0.2, 0.25) is 0 Å². The Balaban J connectivity index is 1.55. The van der Waals surface area contributed by atoms with Gasteiger partial charge in [0, 0.05) is 32.7 Å². The topological polar surface area (TPSA) is 106 Å². The first-order chi connectivity index (χ1) is 16.0. The number of amides is 3. The van der Waals surface area contributed by atoms with Crippen molar-refractivity contribution in [3.8, 4) is 11.1 Å². The fourth-order valence-corrected chi connectivity index (χ4v) is 3.97. The van der Waals surface area contributed by atoms with Crippen LogP contribution in [-0.2, 0) is 19.1 Å². The number of carbonyl (C=O) groups is 3. The van der Waals surface area contributed by atoms with Gasteiger partial charge in [0.1, 0.15) is 12.6 Å². The third-order valence-electron chi connectivity index (χ3n) is 5.58. The first-order valence-corrected chi connectivity index (χ1v) is 11.2. The molecule has 0 heterocycles. The van der Waals surface area contributed by atoms with Gasteiger partial charge in [-0.15, -0.1) is 0 Å². The second kappa shape index (κ2) is 12.0. The molecule has 3 rings (SSSR count). The van der Waals surface area contributed by atoms with Gasteiger partial charge in [-0.3, -0.25) is 9.59 Å². The Bertz CT molecular complexity index is 933. The van der Waals surface area contributed by atoms with Crippen LogP contribution >= 0.6 is 0 Å². The zero-order chi connectivity index (χ0) is 23.6. The summed E-state index contributed by atoms with van der Waals surface area (Å²) in [6, 6.07) is 15.1. The monoisotopic (exact) mass is 453 g/mol. The van der Waals surface area contributed by atoms with Crippen molar-refractivity contribution in [1.29, 1.82) is 0 Å². The number of likely N-dealkylation sites (N-methyl/N-ethyl adjacent to an activating group) is 1. The SMILES string of the molecule is CCOCCCNC(=O)CC(NC(=O)OCC1c2ccccc2-c2ccccc21)C(=O)NC. The lowest BCUT2D eigenvalue weighted by molar-refractivity contribution is -0.128. The number of hydrogen-bond donors (Lipinski definition) is 3. The molecule has 0 aromatic heterocycles. The minimum absolute atomic E-state index is 0.0877. The van der Waals surface area contributed by atoms with Crippen LogP contribution in [0.25, 0.3) is 11.1 Å². The number of hydrogen-bond acceptors (Lipinski definition) is 5. The second-order valence-electron chi connectivity index (χ2n) is 7.74. The summed E-state index contributed by atoms with van der Waals surface area (Å²) in [5.74, 6) is -0.887. The number of alkyl carbamates (subject to hydrolysis) is 1. The number of ether oxygens (including phenoxy) is 2. The van der Waals surface area contributed by atoms with E-state index in [1.807, 2.05) is 43.3 Å². The Kier molecular flexibility index (Phi) is 8.83. The Morgan fingerprint density at radius 2 is 1.64 bits per heavy atom. The largest absolute Gasteiger partial charge is 0.449 e. The lowest BCUT2D eigenvalue weighted by atomic mass is 9.98. The molecule has 3 N–H and O–H groups in total. The van der Waals surface area contributed by atoms with E-state index in [0.29, 0.717) is 26.2 Å². The molecule has 1 aliphatic carbocycles. The van der Waals surface area contributed by atoms with Crippen LogP contribution in [0.4, 0.5) is 4.79 Å². The molecule has 8 heteroatoms. The zero-order valence-corrected chi connectivity index (χ0v) is 19.1. The van der Waals surface area contributed by atoms with Gasteiger partial charge in [-0.2, -0.15) is 0 Å². The average molecular weight is 454 g/mol. The van der Waals surface area contributed by atoms with Crippen molar-refractivity contribution in [1.82, 2.24) is 16.0 Å². The summed E-state index contributed by atoms with van der Waals surface area (Å²) in [6.07, 6.45) is -0.252. The van der Waals surface area contributed by atoms with Gasteiger partial charge in [-0.05, 0) is 35.6 Å². The van der Waals surface area contributed by atoms with Crippen molar-refractivity contribution in [3.63, 3.8) is 0 Å². The zero-order valence-electron chi connectivity index (χ0n) is 19.1. The molecule has 1 atom stereocenters. The maximum atomic E-state index is 12.5. The number of rotatable bonds is 11. The molecule has 0 saturated carbocycles. The molecule has 0 aliphatic heterocycles. The third-order valence-corrected chi connectivity index (χ3v) is 5.58. The van der Waals surface area contributed by atoms with E-state index < -0.39 is 18.0 Å². The maximum absolute atomic E-state index is 12.5. The molecule has 0 saturated heterocycles. The smallest absolute Gasteiger partial charge is 0.407 e. The van der Waals surface area contributed by atoms with Gasteiger partial charge >= 0.3 is 6.09 Å². The summed E-state index contributed by atoms with van der Waals surface area (Å²) >= 11 is 0. The molecule has 2 aromatic carbocycles. The van der Waals surface area contributed by atoms with Crippen LogP contribution < -0.4 is 16.0 Å². The fraction of sp³-hybridized carbons (Fsp3) is 0.400. The molecule has 0 bridgehead atoms. The molecule has 0 spiro atoms. The first-order valence-electron chi connectivity index (χ1n) is 11.2. The highest BCUT2D eigenvalue weighted by molar-refractivity contribution is 5.90. The van der Waals surface area contributed by atoms with Gasteiger partial charge in [-0.1, -0.05) is 48.5 Å². The molecular formula is C25H31N3O5. The van der Waals surface area contributed by atoms with Crippen LogP contribution in [0, 0.1) is 0 Å². The van der Waals surface area contributed by atoms with Gasteiger partial charge in [0.25, 0.3) is 0 Å². The van der Waals surface area contributed by atoms with Gasteiger partial charge in [0.15, 0.2) is 0 Å². The van der Waals surface area contributed by atoms with E-state index in [0.717, 1.165) is 22.3 Å². The van der Waals surface area contributed by atoms with Gasteiger partial charge in [-0.25, -0.2) is 4.79 Å². The van der Waals surface area contributed by atoms with Gasteiger partial charge in [0.05, 0.1) is 6.42 Å². The van der Waals surface area contributed by atoms with Crippen molar-refractivity contribution in [2.24, 2.45) is 0 Å². The first kappa shape index (κ1) is 24.3. The van der Waals surface area contributed by atoms with Crippen LogP contribution in [0.1, 0.15) is 36.8 Å². The molecule has 3 amide bonds. The van der Waals surface area contributed by atoms with E-state index in [1.54, 1.807) is 0 Å². The molecule has 8 nitrogen and oxygen atoms in total. The summed E-state index contributed by atoms with van der Waals surface area (Å²) in [5, 5.41) is 7.73. The predicted molar refractivity (Wildman–Crippen MR) is 125 cm³/mol. The minimum Gasteiger partial charge on any atom is -0.449 e. The van der Waals surface area contributed by atoms with Crippen molar-refractivity contribution < 1.29 is 23.9 Å². The molecule has 0 fully saturated rings. The van der Waals surface area contributed by atoms with Crippen molar-refractivity contribution in [2.45, 2.75) is 31.7 Å². The van der Waals surface area contributed by atoms with Crippen molar-refractivity contribution in [2.75, 3.05) is 33.4 Å². The minimum atomic E-state index is -1.03. The third kappa shape index (κ3) is 6.32. The van der Waals surface area contributed by atoms with Gasteiger partial charge in [0.2, 0.25) is 11.8 Å². The molecule has 33 heavy (non-hydrogen) atoms. The van der Waals surface area contributed by atoms with E-state index in [2.05, 4.69) is 28.1 Å². The number of carbonyl (C=O) groups excluding carboxylic acids is 3. The summed E-state index contributed by atoms with van der Waals surface area (Å²) in [5.41, 5.74) is 4.46. The number of nitrogens with one attached hydrogen (secondary N) is 3. The maximum Gasteiger partial charge on any atom is 0.407 e. The number of benzene rings is 2. The molecular weight excluding hydrogens is 422 g/mol. The number of fused-ring (bicyclic) bond motifs is 3. The van der Waals surface area contributed by atoms with E-state index >= 15 is 0 Å². The van der Waals surface area contributed by atoms with Crippen LogP contribution in [0.5, 0.6) is 0 Å². The molecule has 0 radical (unpaired) electrons. The summed E-state index contributed by atoms with van der Waals surface area (Å²) in [4.78, 5) is 36.9. The molecule has 1 unspecified atom stereocenters. The lowest BCUT2D eigenvalue weighted by Gasteiger charge is -2.19. The second-order valence-corrected chi connectivity index (χ2v) is 7.74. The van der Waals surface area contributed by atoms with E-state index in [4.69, 9.17) is 9.47 Å². The Hall–Kier alpha value is -3.39. The Morgan fingerprint density at radius 1 is 1.00 bits per heavy atom. The highest BCUT2D eigenvalue weighted by atomic mass is 16.5. The highest BCUT2D eigenvalue weighted by Gasteiger charge is 2.30. The molecule has 176 valence electrons. The van der Waals surface area contributed by atoms with E-state index in [-0.39, 0.29) is 24.9 Å². The predicted octanol–water partition coefficient (Wildman–Crippen LogP) is 2.57. The molecule has 1 aliphatic rings. The quantitative estimate of drug-likeness (QED) is 0.454. The average Bonchev–Trinajstić information content (AvgIpc) is 3.15. The Morgan fingerprint density at radius 3 is 2.24 bits per heavy atom. The van der Waals surface area contributed by atoms with Crippen LogP contribution in [0.15, 0.2) is 48.5 Å². The van der Waals surface area contributed by atoms with Crippen LogP contribution in [-0.4, -0.2) is 57.4 Å². The summed E-state index contributed by atoms with van der Waals surface area (Å²) < 4.78 is 10.7. The van der Waals surface area contributed by atoms with E-state index in [9.17, 15) is 14.4 Å². The normalized spacial score (nSPS) is 12.9. The highest BCUT2D eigenvalue weighted by Crippen LogP contribution is 2.44. The Labute approximate surface area is 194 Å². The standard InChI is InChI=1S/C25H31N3O5/c1-3-32-14-8-13-27-23(29)15-22(24(30)26-2)28-25(31)33-16-21-19-11-6-4-9-17(19)18-10-5-7-12-20(18)21/h4-7,9-12,21-22H,3,8,13-16H2,1-2H3,(H,26,30)(H,27,29)(H,28,31). The lowest BCUT2D eigenvalue weighted by Crippen LogP contribution is -2.48. The van der Waals surface area contributed by atoms with Gasteiger partial charge < -0.3 is 25.4 Å². The summed E-state index contributed by atoms with van der Waals surface area (Å²) in [7, 11) is 1.45. The van der Waals surface area contributed by atoms with Crippen molar-refractivity contribution >= 4 is 17.9 Å².